The molecule has 0 fully saturated rings. The van der Waals surface area contributed by atoms with Crippen LogP contribution in [-0.4, -0.2) is 25.0 Å². The topological polar surface area (TPSA) is 67.4 Å². The van der Waals surface area contributed by atoms with Crippen LogP contribution in [0.2, 0.25) is 0 Å². The first-order valence-corrected chi connectivity index (χ1v) is 11.3. The number of nitrogens with one attached hydrogen (secondary N) is 2. The first kappa shape index (κ1) is 25.0. The first-order chi connectivity index (χ1) is 14.0. The number of unbranched alkanes of at least 4 members (excludes halogenated alkanes) is 9. The van der Waals surface area contributed by atoms with Crippen LogP contribution in [-0.2, 0) is 9.59 Å². The van der Waals surface area contributed by atoms with Gasteiger partial charge in [-0.25, -0.2) is 0 Å². The zero-order chi connectivity index (χ0) is 21.3. The molecule has 5 heteroatoms. The van der Waals surface area contributed by atoms with Crippen molar-refractivity contribution in [1.82, 2.24) is 5.32 Å². The number of anilines is 1. The lowest BCUT2D eigenvalue weighted by molar-refractivity contribution is -0.136. The van der Waals surface area contributed by atoms with Crippen LogP contribution in [0.4, 0.5) is 5.69 Å². The van der Waals surface area contributed by atoms with Crippen LogP contribution in [0.15, 0.2) is 24.3 Å². The molecule has 0 saturated carbocycles. The molecule has 0 saturated heterocycles. The van der Waals surface area contributed by atoms with E-state index in [1.807, 2.05) is 0 Å². The number of hydrogen-bond acceptors (Lipinski definition) is 3. The van der Waals surface area contributed by atoms with Crippen LogP contribution in [0.5, 0.6) is 5.75 Å². The number of hydrogen-bond donors (Lipinski definition) is 2. The van der Waals surface area contributed by atoms with Gasteiger partial charge in [-0.2, -0.15) is 0 Å². The van der Waals surface area contributed by atoms with Gasteiger partial charge in [0.1, 0.15) is 5.75 Å². The molecule has 0 radical (unpaired) electrons. The van der Waals surface area contributed by atoms with Crippen molar-refractivity contribution in [3.63, 3.8) is 0 Å². The lowest BCUT2D eigenvalue weighted by Gasteiger charge is -2.10. The summed E-state index contributed by atoms with van der Waals surface area (Å²) >= 11 is 0. The monoisotopic (exact) mass is 404 g/mol. The van der Waals surface area contributed by atoms with E-state index in [1.54, 1.807) is 24.3 Å². The van der Waals surface area contributed by atoms with E-state index in [2.05, 4.69) is 31.4 Å². The summed E-state index contributed by atoms with van der Waals surface area (Å²) in [6, 6.07) is 7.06. The lowest BCUT2D eigenvalue weighted by Crippen LogP contribution is -2.35. The third-order valence-corrected chi connectivity index (χ3v) is 4.72. The molecule has 0 atom stereocenters. The van der Waals surface area contributed by atoms with Gasteiger partial charge in [0.05, 0.1) is 6.61 Å². The summed E-state index contributed by atoms with van der Waals surface area (Å²) in [5.74, 6) is -0.00952. The summed E-state index contributed by atoms with van der Waals surface area (Å²) in [5, 5.41) is 5.31. The summed E-state index contributed by atoms with van der Waals surface area (Å²) < 4.78 is 5.61. The number of rotatable bonds is 15. The molecule has 164 valence electrons. The smallest absolute Gasteiger partial charge is 0.313 e. The van der Waals surface area contributed by atoms with Gasteiger partial charge in [0.15, 0.2) is 0 Å². The van der Waals surface area contributed by atoms with E-state index in [0.29, 0.717) is 24.8 Å². The molecule has 2 N–H and O–H groups in total. The summed E-state index contributed by atoms with van der Waals surface area (Å²) in [5.41, 5.74) is 0.584. The van der Waals surface area contributed by atoms with Gasteiger partial charge in [0.25, 0.3) is 0 Å². The molecule has 29 heavy (non-hydrogen) atoms. The maximum absolute atomic E-state index is 12.0. The van der Waals surface area contributed by atoms with Gasteiger partial charge in [0, 0.05) is 12.2 Å². The Balaban J connectivity index is 2.09. The standard InChI is InChI=1S/C24H40N2O3/c1-4-5-6-7-8-9-10-11-12-13-18-25-23(27)24(28)26-21-14-16-22(17-15-21)29-19-20(2)3/h14-17,20H,4-13,18-19H2,1-3H3,(H,25,27)(H,26,28). The maximum Gasteiger partial charge on any atom is 0.313 e. The Kier molecular flexibility index (Phi) is 13.6. The van der Waals surface area contributed by atoms with Gasteiger partial charge in [-0.05, 0) is 36.6 Å². The molecule has 0 aliphatic carbocycles. The number of carbonyl (C=O) groups is 2. The average molecular weight is 405 g/mol. The summed E-state index contributed by atoms with van der Waals surface area (Å²) in [4.78, 5) is 23.9. The second-order valence-electron chi connectivity index (χ2n) is 8.12. The van der Waals surface area contributed by atoms with E-state index in [-0.39, 0.29) is 0 Å². The molecule has 0 aliphatic heterocycles. The number of amides is 2. The van der Waals surface area contributed by atoms with Crippen LogP contribution in [0.1, 0.15) is 85.0 Å². The zero-order valence-electron chi connectivity index (χ0n) is 18.6. The van der Waals surface area contributed by atoms with Crippen molar-refractivity contribution in [3.05, 3.63) is 24.3 Å². The second-order valence-corrected chi connectivity index (χ2v) is 8.12. The maximum atomic E-state index is 12.0. The Morgan fingerprint density at radius 1 is 0.828 bits per heavy atom. The summed E-state index contributed by atoms with van der Waals surface area (Å²) in [7, 11) is 0. The number of benzene rings is 1. The predicted octanol–water partition coefficient (Wildman–Crippen LogP) is 5.70. The molecule has 1 rings (SSSR count). The Labute approximate surface area is 177 Å². The molecule has 2 amide bonds. The molecular weight excluding hydrogens is 364 g/mol. The molecule has 0 unspecified atom stereocenters. The minimum Gasteiger partial charge on any atom is -0.493 e. The van der Waals surface area contributed by atoms with Crippen LogP contribution in [0, 0.1) is 5.92 Å². The van der Waals surface area contributed by atoms with Crippen molar-refractivity contribution in [2.75, 3.05) is 18.5 Å². The van der Waals surface area contributed by atoms with Crippen molar-refractivity contribution in [2.45, 2.75) is 85.0 Å². The molecule has 1 aromatic carbocycles. The van der Waals surface area contributed by atoms with E-state index < -0.39 is 11.8 Å². The van der Waals surface area contributed by atoms with Gasteiger partial charge in [0.2, 0.25) is 0 Å². The molecular formula is C24H40N2O3. The molecule has 0 spiro atoms. The fraction of sp³-hybridized carbons (Fsp3) is 0.667. The molecule has 0 aromatic heterocycles. The summed E-state index contributed by atoms with van der Waals surface area (Å²) in [6.45, 7) is 7.60. The van der Waals surface area contributed by atoms with E-state index in [4.69, 9.17) is 4.74 Å². The van der Waals surface area contributed by atoms with Gasteiger partial charge in [-0.15, -0.1) is 0 Å². The van der Waals surface area contributed by atoms with Crippen molar-refractivity contribution < 1.29 is 14.3 Å². The number of ether oxygens (including phenoxy) is 1. The normalized spacial score (nSPS) is 10.8. The Hall–Kier alpha value is -2.04. The highest BCUT2D eigenvalue weighted by Crippen LogP contribution is 2.16. The van der Waals surface area contributed by atoms with Crippen molar-refractivity contribution in [3.8, 4) is 5.75 Å². The number of carbonyl (C=O) groups excluding carboxylic acids is 2. The van der Waals surface area contributed by atoms with Crippen molar-refractivity contribution in [2.24, 2.45) is 5.92 Å². The van der Waals surface area contributed by atoms with Crippen LogP contribution >= 0.6 is 0 Å². The fourth-order valence-electron chi connectivity index (χ4n) is 2.98. The molecule has 0 aliphatic rings. The third-order valence-electron chi connectivity index (χ3n) is 4.72. The van der Waals surface area contributed by atoms with Crippen molar-refractivity contribution in [1.29, 1.82) is 0 Å². The van der Waals surface area contributed by atoms with Crippen LogP contribution in [0.25, 0.3) is 0 Å². The largest absolute Gasteiger partial charge is 0.493 e. The lowest BCUT2D eigenvalue weighted by atomic mass is 10.1. The van der Waals surface area contributed by atoms with Crippen LogP contribution < -0.4 is 15.4 Å². The third kappa shape index (κ3) is 12.9. The molecule has 0 heterocycles. The van der Waals surface area contributed by atoms with Crippen LogP contribution in [0.3, 0.4) is 0 Å². The Bertz CT molecular complexity index is 570. The van der Waals surface area contributed by atoms with E-state index in [1.165, 1.54) is 51.4 Å². The highest BCUT2D eigenvalue weighted by molar-refractivity contribution is 6.39. The van der Waals surface area contributed by atoms with Gasteiger partial charge in [-0.3, -0.25) is 9.59 Å². The van der Waals surface area contributed by atoms with E-state index in [0.717, 1.165) is 18.6 Å². The minimum absolute atomic E-state index is 0.452. The highest BCUT2D eigenvalue weighted by atomic mass is 16.5. The predicted molar refractivity (Wildman–Crippen MR) is 120 cm³/mol. The SMILES string of the molecule is CCCCCCCCCCCCNC(=O)C(=O)Nc1ccc(OCC(C)C)cc1. The Morgan fingerprint density at radius 2 is 1.38 bits per heavy atom. The quantitative estimate of drug-likeness (QED) is 0.291. The van der Waals surface area contributed by atoms with Gasteiger partial charge < -0.3 is 15.4 Å². The summed E-state index contributed by atoms with van der Waals surface area (Å²) in [6.07, 6.45) is 12.5. The van der Waals surface area contributed by atoms with Crippen molar-refractivity contribution >= 4 is 17.5 Å². The van der Waals surface area contributed by atoms with Gasteiger partial charge >= 0.3 is 11.8 Å². The Morgan fingerprint density at radius 3 is 1.93 bits per heavy atom. The van der Waals surface area contributed by atoms with E-state index >= 15 is 0 Å². The van der Waals surface area contributed by atoms with E-state index in [9.17, 15) is 9.59 Å². The zero-order valence-corrected chi connectivity index (χ0v) is 18.6. The molecule has 5 nitrogen and oxygen atoms in total. The minimum atomic E-state index is -0.632. The van der Waals surface area contributed by atoms with Gasteiger partial charge in [-0.1, -0.05) is 78.6 Å². The molecule has 1 aromatic rings. The average Bonchev–Trinajstić information content (AvgIpc) is 2.71. The second kappa shape index (κ2) is 15.8. The highest BCUT2D eigenvalue weighted by Gasteiger charge is 2.12. The molecule has 0 bridgehead atoms. The fourth-order valence-corrected chi connectivity index (χ4v) is 2.98. The first-order valence-electron chi connectivity index (χ1n) is 11.3.